The van der Waals surface area contributed by atoms with Crippen molar-refractivity contribution in [3.05, 3.63) is 5.56 Å². The molecule has 4 heteroatoms. The summed E-state index contributed by atoms with van der Waals surface area (Å²) in [6.45, 7) is 0. The van der Waals surface area contributed by atoms with Crippen LogP contribution in [0.4, 0.5) is 10.8 Å². The molecule has 0 aliphatic heterocycles. The summed E-state index contributed by atoms with van der Waals surface area (Å²) in [7, 11) is 2.22. The van der Waals surface area contributed by atoms with Gasteiger partial charge in [0.25, 0.3) is 0 Å². The average molecular weight is 237 g/mol. The molecule has 0 aromatic carbocycles. The second kappa shape index (κ2) is 3.91. The van der Waals surface area contributed by atoms with Crippen molar-refractivity contribution in [2.24, 2.45) is 0 Å². The molecule has 16 heavy (non-hydrogen) atoms. The molecule has 0 spiro atoms. The van der Waals surface area contributed by atoms with Gasteiger partial charge < -0.3 is 10.6 Å². The van der Waals surface area contributed by atoms with Gasteiger partial charge >= 0.3 is 0 Å². The number of hydrogen-bond acceptors (Lipinski definition) is 4. The van der Waals surface area contributed by atoms with Crippen LogP contribution in [-0.2, 0) is 0 Å². The van der Waals surface area contributed by atoms with Crippen molar-refractivity contribution in [2.45, 2.75) is 50.5 Å². The number of anilines is 2. The van der Waals surface area contributed by atoms with Crippen LogP contribution in [0.5, 0.6) is 0 Å². The third-order valence-electron chi connectivity index (χ3n) is 3.92. The van der Waals surface area contributed by atoms with Crippen LogP contribution in [0.3, 0.4) is 0 Å². The van der Waals surface area contributed by atoms with Crippen molar-refractivity contribution in [3.8, 4) is 0 Å². The van der Waals surface area contributed by atoms with Gasteiger partial charge in [0.1, 0.15) is 10.8 Å². The second-order valence-corrected chi connectivity index (χ2v) is 5.86. The van der Waals surface area contributed by atoms with Crippen LogP contribution in [0.2, 0.25) is 0 Å². The molecule has 2 aliphatic carbocycles. The smallest absolute Gasteiger partial charge is 0.142 e. The van der Waals surface area contributed by atoms with E-state index in [9.17, 15) is 0 Å². The number of nitrogens with two attached hydrogens (primary N) is 1. The van der Waals surface area contributed by atoms with Crippen molar-refractivity contribution in [1.82, 2.24) is 4.37 Å². The summed E-state index contributed by atoms with van der Waals surface area (Å²) in [6.07, 6.45) is 8.02. The van der Waals surface area contributed by atoms with Crippen molar-refractivity contribution in [2.75, 3.05) is 17.7 Å². The minimum Gasteiger partial charge on any atom is -0.383 e. The Balaban J connectivity index is 1.86. The molecule has 3 rings (SSSR count). The lowest BCUT2D eigenvalue weighted by Crippen LogP contribution is -2.28. The minimum absolute atomic E-state index is 0.706. The van der Waals surface area contributed by atoms with E-state index in [4.69, 9.17) is 5.73 Å². The van der Waals surface area contributed by atoms with E-state index >= 15 is 0 Å². The maximum absolute atomic E-state index is 5.99. The molecule has 1 aromatic heterocycles. The first kappa shape index (κ1) is 10.4. The molecule has 1 aromatic rings. The van der Waals surface area contributed by atoms with Crippen LogP contribution < -0.4 is 10.6 Å². The Labute approximate surface area is 101 Å². The molecular formula is C12H19N3S. The SMILES string of the molecule is CN(c1snc(N)c1C1CC1)C1CCCC1. The summed E-state index contributed by atoms with van der Waals surface area (Å²) < 4.78 is 4.35. The average Bonchev–Trinajstić information content (AvgIpc) is 2.82. The Morgan fingerprint density at radius 3 is 2.56 bits per heavy atom. The molecule has 0 atom stereocenters. The lowest BCUT2D eigenvalue weighted by molar-refractivity contribution is 0.655. The van der Waals surface area contributed by atoms with Crippen LogP contribution in [0, 0.1) is 0 Å². The highest BCUT2D eigenvalue weighted by Gasteiger charge is 2.33. The number of aromatic nitrogens is 1. The molecule has 0 amide bonds. The van der Waals surface area contributed by atoms with Crippen LogP contribution in [0.1, 0.15) is 50.0 Å². The molecule has 2 aliphatic rings. The summed E-state index contributed by atoms with van der Waals surface area (Å²) >= 11 is 1.59. The molecule has 3 nitrogen and oxygen atoms in total. The third-order valence-corrected chi connectivity index (χ3v) is 4.88. The van der Waals surface area contributed by atoms with Crippen LogP contribution in [-0.4, -0.2) is 17.5 Å². The fraction of sp³-hybridized carbons (Fsp3) is 0.750. The molecule has 2 fully saturated rings. The Morgan fingerprint density at radius 1 is 1.25 bits per heavy atom. The summed E-state index contributed by atoms with van der Waals surface area (Å²) in [5.74, 6) is 1.49. The first-order valence-electron chi connectivity index (χ1n) is 6.25. The van der Waals surface area contributed by atoms with Crippen LogP contribution >= 0.6 is 11.5 Å². The van der Waals surface area contributed by atoms with Gasteiger partial charge in [-0.25, -0.2) is 0 Å². The van der Waals surface area contributed by atoms with Gasteiger partial charge in [-0.2, -0.15) is 4.37 Å². The number of rotatable bonds is 3. The van der Waals surface area contributed by atoms with Gasteiger partial charge in [-0.15, -0.1) is 0 Å². The van der Waals surface area contributed by atoms with Gasteiger partial charge in [0, 0.05) is 18.7 Å². The van der Waals surface area contributed by atoms with E-state index in [0.29, 0.717) is 5.92 Å². The van der Waals surface area contributed by atoms with Gasteiger partial charge in [0.2, 0.25) is 0 Å². The van der Waals surface area contributed by atoms with Crippen LogP contribution in [0.15, 0.2) is 0 Å². The monoisotopic (exact) mass is 237 g/mol. The largest absolute Gasteiger partial charge is 0.383 e. The van der Waals surface area contributed by atoms with Gasteiger partial charge in [0.05, 0.1) is 0 Å². The Morgan fingerprint density at radius 2 is 1.94 bits per heavy atom. The molecule has 1 heterocycles. The zero-order valence-corrected chi connectivity index (χ0v) is 10.6. The van der Waals surface area contributed by atoms with E-state index in [-0.39, 0.29) is 0 Å². The van der Waals surface area contributed by atoms with E-state index < -0.39 is 0 Å². The molecule has 0 unspecified atom stereocenters. The van der Waals surface area contributed by atoms with E-state index in [1.165, 1.54) is 49.1 Å². The molecule has 0 bridgehead atoms. The first-order chi connectivity index (χ1) is 7.77. The Kier molecular flexibility index (Phi) is 2.54. The van der Waals surface area contributed by atoms with Crippen molar-refractivity contribution < 1.29 is 0 Å². The first-order valence-corrected chi connectivity index (χ1v) is 7.02. The predicted molar refractivity (Wildman–Crippen MR) is 69.2 cm³/mol. The van der Waals surface area contributed by atoms with E-state index in [1.54, 1.807) is 11.5 Å². The maximum atomic E-state index is 5.99. The maximum Gasteiger partial charge on any atom is 0.142 e. The summed E-state index contributed by atoms with van der Waals surface area (Å²) in [4.78, 5) is 2.44. The lowest BCUT2D eigenvalue weighted by Gasteiger charge is -2.25. The normalized spacial score (nSPS) is 21.6. The van der Waals surface area contributed by atoms with Crippen molar-refractivity contribution in [3.63, 3.8) is 0 Å². The zero-order chi connectivity index (χ0) is 11.1. The summed E-state index contributed by atoms with van der Waals surface area (Å²) in [5.41, 5.74) is 7.34. The highest BCUT2D eigenvalue weighted by atomic mass is 32.1. The lowest BCUT2D eigenvalue weighted by atomic mass is 10.1. The summed E-state index contributed by atoms with van der Waals surface area (Å²) in [6, 6.07) is 0.720. The highest BCUT2D eigenvalue weighted by molar-refractivity contribution is 7.10. The topological polar surface area (TPSA) is 42.2 Å². The number of nitrogen functional groups attached to an aromatic ring is 1. The fourth-order valence-electron chi connectivity index (χ4n) is 2.77. The standard InChI is InChI=1S/C12H19N3S/c1-15(9-4-2-3-5-9)12-10(8-6-7-8)11(13)14-16-12/h8-9H,2-7H2,1H3,(H2,13,14). The molecular weight excluding hydrogens is 218 g/mol. The molecule has 88 valence electrons. The van der Waals surface area contributed by atoms with Crippen molar-refractivity contribution in [1.29, 1.82) is 0 Å². The van der Waals surface area contributed by atoms with E-state index in [0.717, 1.165) is 11.9 Å². The van der Waals surface area contributed by atoms with Gasteiger partial charge in [-0.3, -0.25) is 0 Å². The Hall–Kier alpha value is -0.770. The summed E-state index contributed by atoms with van der Waals surface area (Å²) in [5, 5.41) is 1.34. The molecule has 0 radical (unpaired) electrons. The van der Waals surface area contributed by atoms with Gasteiger partial charge in [0.15, 0.2) is 0 Å². The van der Waals surface area contributed by atoms with Gasteiger partial charge in [-0.05, 0) is 43.1 Å². The van der Waals surface area contributed by atoms with E-state index in [2.05, 4.69) is 16.3 Å². The Bertz CT molecular complexity index is 378. The predicted octanol–water partition coefficient (Wildman–Crippen LogP) is 2.98. The van der Waals surface area contributed by atoms with Crippen molar-refractivity contribution >= 4 is 22.4 Å². The fourth-order valence-corrected chi connectivity index (χ4v) is 3.70. The van der Waals surface area contributed by atoms with Gasteiger partial charge in [-0.1, -0.05) is 12.8 Å². The number of hydrogen-bond donors (Lipinski definition) is 1. The minimum atomic E-state index is 0.706. The number of nitrogens with zero attached hydrogens (tertiary/aromatic N) is 2. The zero-order valence-electron chi connectivity index (χ0n) is 9.78. The quantitative estimate of drug-likeness (QED) is 0.878. The third kappa shape index (κ3) is 1.69. The molecule has 0 saturated heterocycles. The molecule has 2 N–H and O–H groups in total. The van der Waals surface area contributed by atoms with E-state index in [1.807, 2.05) is 0 Å². The molecule has 2 saturated carbocycles. The van der Waals surface area contributed by atoms with Crippen LogP contribution in [0.25, 0.3) is 0 Å². The highest BCUT2D eigenvalue weighted by Crippen LogP contribution is 2.49. The second-order valence-electron chi connectivity index (χ2n) is 5.11.